The minimum absolute atomic E-state index is 0.0742. The molecule has 1 aromatic heterocycles. The minimum atomic E-state index is -1.32. The maximum absolute atomic E-state index is 14.7. The van der Waals surface area contributed by atoms with Crippen LogP contribution < -0.4 is 21.3 Å². The molecular formula is C44H75FN6O5. The van der Waals surface area contributed by atoms with Crippen molar-refractivity contribution >= 4 is 23.0 Å². The summed E-state index contributed by atoms with van der Waals surface area (Å²) >= 11 is 0. The van der Waals surface area contributed by atoms with Gasteiger partial charge >= 0.3 is 12.1 Å². The van der Waals surface area contributed by atoms with Crippen molar-refractivity contribution in [3.05, 3.63) is 35.8 Å². The van der Waals surface area contributed by atoms with E-state index in [1.807, 2.05) is 23.9 Å². The van der Waals surface area contributed by atoms with Crippen LogP contribution in [0.2, 0.25) is 0 Å². The Morgan fingerprint density at radius 2 is 1.54 bits per heavy atom. The van der Waals surface area contributed by atoms with Crippen molar-refractivity contribution in [1.29, 1.82) is 0 Å². The van der Waals surface area contributed by atoms with Gasteiger partial charge in [-0.15, -0.1) is 0 Å². The van der Waals surface area contributed by atoms with Gasteiger partial charge in [0, 0.05) is 81.9 Å². The molecule has 4 amide bonds. The average molecular weight is 787 g/mol. The van der Waals surface area contributed by atoms with Gasteiger partial charge in [0.15, 0.2) is 0 Å². The van der Waals surface area contributed by atoms with Crippen LogP contribution in [0, 0.1) is 23.1 Å². The number of methoxy groups -OCH3 is 1. The molecule has 1 aliphatic carbocycles. The highest BCUT2D eigenvalue weighted by Gasteiger charge is 2.43. The van der Waals surface area contributed by atoms with E-state index in [4.69, 9.17) is 9.15 Å². The number of nitrogens with one attached hydrogen (secondary N) is 4. The van der Waals surface area contributed by atoms with Gasteiger partial charge in [-0.25, -0.2) is 14.0 Å². The smallest absolute Gasteiger partial charge is 0.317 e. The Morgan fingerprint density at radius 1 is 0.893 bits per heavy atom. The number of furan rings is 1. The summed E-state index contributed by atoms with van der Waals surface area (Å²) in [4.78, 5) is 29.4. The first kappa shape index (κ1) is 45.8. The fraction of sp³-hybridized carbons (Fsp3) is 0.773. The van der Waals surface area contributed by atoms with Crippen molar-refractivity contribution in [1.82, 2.24) is 31.1 Å². The van der Waals surface area contributed by atoms with E-state index < -0.39 is 11.4 Å². The molecule has 56 heavy (non-hydrogen) atoms. The van der Waals surface area contributed by atoms with Crippen LogP contribution in [0.15, 0.2) is 28.9 Å². The number of halogens is 1. The molecule has 318 valence electrons. The highest BCUT2D eigenvalue weighted by molar-refractivity contribution is 5.81. The van der Waals surface area contributed by atoms with E-state index in [-0.39, 0.29) is 35.5 Å². The molecule has 3 fully saturated rings. The first-order valence-corrected chi connectivity index (χ1v) is 21.7. The molecule has 5 rings (SSSR count). The molecule has 2 saturated heterocycles. The summed E-state index contributed by atoms with van der Waals surface area (Å²) in [6.07, 6.45) is 16.9. The number of nitrogens with zero attached hydrogens (tertiary/aromatic N) is 2. The standard InChI is InChI=1S/C30H46FN3O4.C14H29N3O/c1-32-20-26(17-22-9-4-3-5-10-22)33-29(35)34-14-8-11-24(21-34)30(36,13-6-7-15-37-2)27-19-25(31)18-23-12-16-38-28(23)27;1-14(2,3)10-12(11-15-4)16-13(18)17-8-6-5-7-9-17/h12,16,18-19,22,24,26,32,36H,3-11,13-15,17,20-21H2,1-2H3,(H,33,35);12,15H,5-11H2,1-4H3,(H,16,18)/t24-,26+,30+;12-/m10/s1. The lowest BCUT2D eigenvalue weighted by atomic mass is 9.73. The first-order chi connectivity index (χ1) is 26.9. The van der Waals surface area contributed by atoms with E-state index >= 15 is 0 Å². The van der Waals surface area contributed by atoms with Crippen LogP contribution in [-0.4, -0.2) is 106 Å². The largest absolute Gasteiger partial charge is 0.464 e. The number of benzene rings is 1. The van der Waals surface area contributed by atoms with Gasteiger partial charge in [-0.3, -0.25) is 0 Å². The van der Waals surface area contributed by atoms with Crippen molar-refractivity contribution < 1.29 is 28.2 Å². The minimum Gasteiger partial charge on any atom is -0.464 e. The lowest BCUT2D eigenvalue weighted by molar-refractivity contribution is -0.0560. The first-order valence-electron chi connectivity index (χ1n) is 21.7. The number of fused-ring (bicyclic) bond motifs is 1. The molecule has 0 unspecified atom stereocenters. The number of likely N-dealkylation sites (N-methyl/N-ethyl adjacent to an activating group) is 2. The summed E-state index contributed by atoms with van der Waals surface area (Å²) in [6.45, 7) is 11.7. The van der Waals surface area contributed by atoms with Crippen molar-refractivity contribution in [3.8, 4) is 0 Å². The second kappa shape index (κ2) is 22.9. The molecule has 0 radical (unpaired) electrons. The number of hydrogen-bond donors (Lipinski definition) is 5. The molecule has 4 atom stereocenters. The third-order valence-electron chi connectivity index (χ3n) is 11.9. The SMILES string of the molecule is CNC[C@H](CC(C)(C)C)NC(=O)N1CCCCC1.CNC[C@H](CC1CCCCC1)NC(=O)N1CCC[C@@H]([C@@](O)(CCCCOC)c2cc(F)cc3ccoc23)C1. The molecule has 1 aromatic carbocycles. The summed E-state index contributed by atoms with van der Waals surface area (Å²) < 4.78 is 25.6. The van der Waals surface area contributed by atoms with Crippen LogP contribution in [0.25, 0.3) is 11.0 Å². The average Bonchev–Trinajstić information content (AvgIpc) is 3.65. The predicted octanol–water partition coefficient (Wildman–Crippen LogP) is 7.76. The Labute approximate surface area is 336 Å². The Morgan fingerprint density at radius 3 is 2.21 bits per heavy atom. The fourth-order valence-electron chi connectivity index (χ4n) is 9.17. The fourth-order valence-corrected chi connectivity index (χ4v) is 9.17. The molecular weight excluding hydrogens is 712 g/mol. The van der Waals surface area contributed by atoms with Crippen LogP contribution in [0.5, 0.6) is 0 Å². The van der Waals surface area contributed by atoms with Crippen LogP contribution in [0.3, 0.4) is 0 Å². The van der Waals surface area contributed by atoms with Crippen molar-refractivity contribution in [3.63, 3.8) is 0 Å². The molecule has 3 heterocycles. The number of aliphatic hydroxyl groups is 1. The second-order valence-corrected chi connectivity index (χ2v) is 17.9. The molecule has 2 aromatic rings. The van der Waals surface area contributed by atoms with Gasteiger partial charge in [0.2, 0.25) is 0 Å². The van der Waals surface area contributed by atoms with E-state index in [1.165, 1.54) is 56.9 Å². The maximum Gasteiger partial charge on any atom is 0.317 e. The monoisotopic (exact) mass is 787 g/mol. The van der Waals surface area contributed by atoms with Gasteiger partial charge in [-0.2, -0.15) is 0 Å². The zero-order chi connectivity index (χ0) is 40.6. The Hall–Kier alpha value is -2.93. The number of rotatable bonds is 16. The number of amides is 4. The van der Waals surface area contributed by atoms with Gasteiger partial charge in [-0.05, 0) is 108 Å². The summed E-state index contributed by atoms with van der Waals surface area (Å²) in [6, 6.07) is 4.90. The summed E-state index contributed by atoms with van der Waals surface area (Å²) in [5, 5.41) is 25.8. The van der Waals surface area contributed by atoms with E-state index in [0.717, 1.165) is 77.5 Å². The zero-order valence-corrected chi connectivity index (χ0v) is 35.5. The van der Waals surface area contributed by atoms with Crippen LogP contribution in [0.1, 0.15) is 123 Å². The van der Waals surface area contributed by atoms with Crippen molar-refractivity contribution in [2.45, 2.75) is 135 Å². The van der Waals surface area contributed by atoms with E-state index in [2.05, 4.69) is 42.0 Å². The van der Waals surface area contributed by atoms with Crippen LogP contribution in [-0.2, 0) is 10.3 Å². The highest BCUT2D eigenvalue weighted by Crippen LogP contribution is 2.43. The molecule has 3 aliphatic rings. The van der Waals surface area contributed by atoms with Gasteiger partial charge in [0.05, 0.1) is 11.9 Å². The number of hydrogen-bond acceptors (Lipinski definition) is 7. The normalized spacial score (nSPS) is 20.5. The van der Waals surface area contributed by atoms with Gasteiger partial charge in [0.1, 0.15) is 11.4 Å². The van der Waals surface area contributed by atoms with E-state index in [9.17, 15) is 19.1 Å². The lowest BCUT2D eigenvalue weighted by Gasteiger charge is -2.43. The second-order valence-electron chi connectivity index (χ2n) is 17.9. The Bertz CT molecular complexity index is 1450. The number of carbonyl (C=O) groups is 2. The zero-order valence-electron chi connectivity index (χ0n) is 35.5. The molecule has 11 nitrogen and oxygen atoms in total. The topological polar surface area (TPSA) is 131 Å². The van der Waals surface area contributed by atoms with Crippen LogP contribution in [0.4, 0.5) is 14.0 Å². The van der Waals surface area contributed by atoms with Crippen molar-refractivity contribution in [2.75, 3.05) is 67.1 Å². The molecule has 0 bridgehead atoms. The maximum atomic E-state index is 14.7. The lowest BCUT2D eigenvalue weighted by Crippen LogP contribution is -2.54. The third kappa shape index (κ3) is 14.2. The molecule has 2 aliphatic heterocycles. The predicted molar refractivity (Wildman–Crippen MR) is 223 cm³/mol. The van der Waals surface area contributed by atoms with E-state index in [0.29, 0.717) is 48.6 Å². The number of piperidine rings is 2. The highest BCUT2D eigenvalue weighted by atomic mass is 19.1. The Kier molecular flexibility index (Phi) is 18.7. The number of carbonyl (C=O) groups excluding carboxylic acids is 2. The van der Waals surface area contributed by atoms with Gasteiger partial charge < -0.3 is 45.3 Å². The molecule has 0 spiro atoms. The summed E-state index contributed by atoms with van der Waals surface area (Å²) in [5.41, 5.74) is -0.0926. The summed E-state index contributed by atoms with van der Waals surface area (Å²) in [7, 11) is 5.52. The van der Waals surface area contributed by atoms with E-state index in [1.54, 1.807) is 13.2 Å². The molecule has 12 heteroatoms. The Balaban J connectivity index is 0.000000325. The van der Waals surface area contributed by atoms with Gasteiger partial charge in [-0.1, -0.05) is 52.9 Å². The number of urea groups is 2. The summed E-state index contributed by atoms with van der Waals surface area (Å²) in [5.74, 6) is 0.0327. The van der Waals surface area contributed by atoms with Gasteiger partial charge in [0.25, 0.3) is 0 Å². The molecule has 1 saturated carbocycles. The quantitative estimate of drug-likeness (QED) is 0.110. The van der Waals surface area contributed by atoms with Crippen LogP contribution >= 0.6 is 0 Å². The van der Waals surface area contributed by atoms with Crippen molar-refractivity contribution in [2.24, 2.45) is 17.3 Å². The third-order valence-corrected chi connectivity index (χ3v) is 11.9. The number of ether oxygens (including phenoxy) is 1. The molecule has 5 N–H and O–H groups in total. The number of unbranched alkanes of at least 4 members (excludes halogenated alkanes) is 1. The number of likely N-dealkylation sites (tertiary alicyclic amines) is 2.